The fourth-order valence-electron chi connectivity index (χ4n) is 3.97. The quantitative estimate of drug-likeness (QED) is 0.744. The molecule has 4 rings (SSSR count). The first-order valence-electron chi connectivity index (χ1n) is 10.8. The fraction of sp³-hybridized carbons (Fsp3) is 0.435. The van der Waals surface area contributed by atoms with Crippen molar-refractivity contribution in [3.63, 3.8) is 0 Å². The smallest absolute Gasteiger partial charge is 0.273 e. The number of carbonyl (C=O) groups is 3. The second-order valence-electron chi connectivity index (χ2n) is 8.61. The zero-order valence-electron chi connectivity index (χ0n) is 17.9. The first-order chi connectivity index (χ1) is 14.9. The summed E-state index contributed by atoms with van der Waals surface area (Å²) in [6.45, 7) is 6.23. The largest absolute Gasteiger partial charge is 0.352 e. The van der Waals surface area contributed by atoms with Crippen LogP contribution in [0.25, 0.3) is 0 Å². The van der Waals surface area contributed by atoms with Crippen LogP contribution in [0.4, 0.5) is 5.69 Å². The molecule has 31 heavy (non-hydrogen) atoms. The summed E-state index contributed by atoms with van der Waals surface area (Å²) in [5.41, 5.74) is 1.74. The lowest BCUT2D eigenvalue weighted by Crippen LogP contribution is -2.41. The summed E-state index contributed by atoms with van der Waals surface area (Å²) in [4.78, 5) is 40.1. The van der Waals surface area contributed by atoms with E-state index in [0.29, 0.717) is 41.7 Å². The number of carbonyl (C=O) groups excluding carboxylic acids is 3. The Kier molecular flexibility index (Phi) is 6.36. The van der Waals surface area contributed by atoms with Gasteiger partial charge < -0.3 is 15.5 Å². The van der Waals surface area contributed by atoms with E-state index in [1.54, 1.807) is 18.2 Å². The Hall–Kier alpha value is -2.74. The second-order valence-corrected chi connectivity index (χ2v) is 9.62. The minimum absolute atomic E-state index is 0.149. The van der Waals surface area contributed by atoms with E-state index >= 15 is 0 Å². The lowest BCUT2D eigenvalue weighted by atomic mass is 9.96. The molecule has 8 heteroatoms. The molecule has 1 fully saturated rings. The molecule has 164 valence electrons. The maximum atomic E-state index is 12.7. The van der Waals surface area contributed by atoms with Gasteiger partial charge in [0.15, 0.2) is 0 Å². The van der Waals surface area contributed by atoms with Gasteiger partial charge in [-0.05, 0) is 67.0 Å². The van der Waals surface area contributed by atoms with Crippen molar-refractivity contribution in [2.45, 2.75) is 38.0 Å². The van der Waals surface area contributed by atoms with E-state index in [9.17, 15) is 14.4 Å². The number of likely N-dealkylation sites (tertiary alicyclic amines) is 1. The minimum Gasteiger partial charge on any atom is -0.352 e. The molecule has 7 nitrogen and oxygen atoms in total. The Morgan fingerprint density at radius 2 is 2.00 bits per heavy atom. The Balaban J connectivity index is 1.31. The van der Waals surface area contributed by atoms with Crippen LogP contribution >= 0.6 is 11.9 Å². The first-order valence-corrected chi connectivity index (χ1v) is 11.5. The summed E-state index contributed by atoms with van der Waals surface area (Å²) < 4.78 is 1.82. The number of anilines is 1. The number of nitrogens with one attached hydrogen (secondary N) is 2. The monoisotopic (exact) mass is 440 g/mol. The summed E-state index contributed by atoms with van der Waals surface area (Å²) in [6, 6.07) is 8.98. The van der Waals surface area contributed by atoms with E-state index in [2.05, 4.69) is 24.5 Å². The van der Waals surface area contributed by atoms with Crippen LogP contribution in [-0.2, 0) is 4.79 Å². The van der Waals surface area contributed by atoms with Gasteiger partial charge in [0.2, 0.25) is 5.91 Å². The standard InChI is InChI=1S/C23H28N4O3S/c1-15(2)12-21(28)26-10-7-16(8-11-26)14-24-22(29)17-5-6-20-18(13-17)25-23(30)19-4-3-9-27(19)31-20/h3-6,9,13,15-16H,7-8,10-12,14H2,1-2H3,(H,24,29)(H,25,30). The molecule has 1 aromatic carbocycles. The molecular formula is C23H28N4O3S. The lowest BCUT2D eigenvalue weighted by molar-refractivity contribution is -0.133. The Morgan fingerprint density at radius 1 is 1.23 bits per heavy atom. The van der Waals surface area contributed by atoms with Crippen LogP contribution in [0, 0.1) is 11.8 Å². The molecular weight excluding hydrogens is 412 g/mol. The van der Waals surface area contributed by atoms with Crippen molar-refractivity contribution in [2.75, 3.05) is 25.0 Å². The zero-order chi connectivity index (χ0) is 22.0. The van der Waals surface area contributed by atoms with E-state index in [0.717, 1.165) is 30.8 Å². The van der Waals surface area contributed by atoms with Crippen LogP contribution in [0.1, 0.15) is 54.0 Å². The van der Waals surface area contributed by atoms with Gasteiger partial charge in [0.25, 0.3) is 11.8 Å². The third-order valence-corrected chi connectivity index (χ3v) is 6.80. The number of piperidine rings is 1. The summed E-state index contributed by atoms with van der Waals surface area (Å²) in [5.74, 6) is 0.638. The highest BCUT2D eigenvalue weighted by Gasteiger charge is 2.24. The molecule has 0 radical (unpaired) electrons. The molecule has 0 bridgehead atoms. The van der Waals surface area contributed by atoms with Crippen LogP contribution < -0.4 is 10.6 Å². The van der Waals surface area contributed by atoms with E-state index in [-0.39, 0.29) is 17.7 Å². The summed E-state index contributed by atoms with van der Waals surface area (Å²) in [6.07, 6.45) is 4.25. The number of aromatic nitrogens is 1. The minimum atomic E-state index is -0.187. The molecule has 2 aromatic rings. The molecule has 1 saturated heterocycles. The van der Waals surface area contributed by atoms with Gasteiger partial charge in [-0.3, -0.25) is 18.4 Å². The van der Waals surface area contributed by atoms with Crippen molar-refractivity contribution in [3.8, 4) is 0 Å². The maximum Gasteiger partial charge on any atom is 0.273 e. The van der Waals surface area contributed by atoms with Crippen molar-refractivity contribution in [2.24, 2.45) is 11.8 Å². The molecule has 2 N–H and O–H groups in total. The average molecular weight is 441 g/mol. The van der Waals surface area contributed by atoms with Crippen LogP contribution in [0.2, 0.25) is 0 Å². The number of hydrogen-bond acceptors (Lipinski definition) is 4. The predicted octanol–water partition coefficient (Wildman–Crippen LogP) is 3.62. The van der Waals surface area contributed by atoms with Gasteiger partial charge in [-0.15, -0.1) is 0 Å². The summed E-state index contributed by atoms with van der Waals surface area (Å²) in [5, 5.41) is 5.92. The average Bonchev–Trinajstić information content (AvgIpc) is 3.16. The molecule has 0 atom stereocenters. The zero-order valence-corrected chi connectivity index (χ0v) is 18.7. The number of nitrogens with zero attached hydrogens (tertiary/aromatic N) is 2. The molecule has 0 saturated carbocycles. The Labute approximate surface area is 186 Å². The Morgan fingerprint density at radius 3 is 2.74 bits per heavy atom. The third kappa shape index (κ3) is 4.95. The van der Waals surface area contributed by atoms with Crippen molar-refractivity contribution in [3.05, 3.63) is 47.8 Å². The van der Waals surface area contributed by atoms with Crippen molar-refractivity contribution < 1.29 is 14.4 Å². The maximum absolute atomic E-state index is 12.7. The molecule has 2 aliphatic heterocycles. The van der Waals surface area contributed by atoms with Crippen LogP contribution in [0.3, 0.4) is 0 Å². The van der Waals surface area contributed by atoms with Crippen molar-refractivity contribution in [1.82, 2.24) is 14.2 Å². The molecule has 2 aliphatic rings. The van der Waals surface area contributed by atoms with Crippen LogP contribution in [0.5, 0.6) is 0 Å². The third-order valence-electron chi connectivity index (χ3n) is 5.73. The molecule has 0 spiro atoms. The van der Waals surface area contributed by atoms with E-state index in [4.69, 9.17) is 0 Å². The topological polar surface area (TPSA) is 83.4 Å². The summed E-state index contributed by atoms with van der Waals surface area (Å²) >= 11 is 1.45. The van der Waals surface area contributed by atoms with Gasteiger partial charge in [-0.25, -0.2) is 0 Å². The highest BCUT2D eigenvalue weighted by molar-refractivity contribution is 7.98. The molecule has 0 unspecified atom stereocenters. The van der Waals surface area contributed by atoms with Gasteiger partial charge in [0.1, 0.15) is 5.69 Å². The first kappa shape index (κ1) is 21.5. The number of benzene rings is 1. The Bertz CT molecular complexity index is 992. The van der Waals surface area contributed by atoms with Crippen molar-refractivity contribution >= 4 is 35.4 Å². The molecule has 3 amide bonds. The van der Waals surface area contributed by atoms with E-state index < -0.39 is 0 Å². The number of hydrogen-bond donors (Lipinski definition) is 2. The van der Waals surface area contributed by atoms with Gasteiger partial charge in [-0.1, -0.05) is 13.8 Å². The predicted molar refractivity (Wildman–Crippen MR) is 121 cm³/mol. The fourth-order valence-corrected chi connectivity index (χ4v) is 4.89. The van der Waals surface area contributed by atoms with Gasteiger partial charge >= 0.3 is 0 Å². The van der Waals surface area contributed by atoms with Gasteiger partial charge in [-0.2, -0.15) is 0 Å². The number of fused-ring (bicyclic) bond motifs is 2. The molecule has 0 aliphatic carbocycles. The number of rotatable bonds is 5. The molecule has 3 heterocycles. The van der Waals surface area contributed by atoms with E-state index in [1.807, 2.05) is 27.2 Å². The van der Waals surface area contributed by atoms with Gasteiger partial charge in [0.05, 0.1) is 10.6 Å². The lowest BCUT2D eigenvalue weighted by Gasteiger charge is -2.32. The van der Waals surface area contributed by atoms with Crippen LogP contribution in [-0.4, -0.2) is 46.2 Å². The summed E-state index contributed by atoms with van der Waals surface area (Å²) in [7, 11) is 0. The number of amides is 3. The van der Waals surface area contributed by atoms with Gasteiger partial charge in [0, 0.05) is 37.8 Å². The molecule has 1 aromatic heterocycles. The SMILES string of the molecule is CC(C)CC(=O)N1CCC(CNC(=O)c2ccc3c(c2)NC(=O)c2cccn2S3)CC1. The van der Waals surface area contributed by atoms with Crippen molar-refractivity contribution in [1.29, 1.82) is 0 Å². The normalized spacial score (nSPS) is 16.4. The second kappa shape index (κ2) is 9.18. The van der Waals surface area contributed by atoms with Crippen LogP contribution in [0.15, 0.2) is 41.4 Å². The van der Waals surface area contributed by atoms with E-state index in [1.165, 1.54) is 11.9 Å². The highest BCUT2D eigenvalue weighted by Crippen LogP contribution is 2.34. The highest BCUT2D eigenvalue weighted by atomic mass is 32.2.